The van der Waals surface area contributed by atoms with E-state index < -0.39 is 6.09 Å². The Morgan fingerprint density at radius 2 is 2.14 bits per heavy atom. The normalized spacial score (nSPS) is 16.7. The number of halogens is 1. The topological polar surface area (TPSA) is 52.6 Å². The highest BCUT2D eigenvalue weighted by molar-refractivity contribution is 5.64. The third kappa shape index (κ3) is 3.46. The minimum Gasteiger partial charge on any atom is -0.465 e. The van der Waals surface area contributed by atoms with Crippen LogP contribution in [0.25, 0.3) is 0 Å². The molecule has 0 aromatic heterocycles. The molecule has 1 aliphatic heterocycles. The molecule has 2 N–H and O–H groups in total. The molecule has 0 aliphatic carbocycles. The van der Waals surface area contributed by atoms with Gasteiger partial charge in [0.15, 0.2) is 0 Å². The molecule has 5 heteroatoms. The van der Waals surface area contributed by atoms with Crippen LogP contribution in [0.3, 0.4) is 0 Å². The molecule has 0 fully saturated rings. The van der Waals surface area contributed by atoms with Crippen molar-refractivity contribution in [3.05, 3.63) is 29.6 Å². The first kappa shape index (κ1) is 15.6. The van der Waals surface area contributed by atoms with E-state index in [9.17, 15) is 9.18 Å². The van der Waals surface area contributed by atoms with Crippen LogP contribution in [-0.2, 0) is 5.41 Å². The van der Waals surface area contributed by atoms with Gasteiger partial charge in [0.05, 0.1) is 0 Å². The Morgan fingerprint density at radius 3 is 2.76 bits per heavy atom. The van der Waals surface area contributed by atoms with E-state index in [0.29, 0.717) is 6.54 Å². The number of amides is 1. The largest absolute Gasteiger partial charge is 0.465 e. The molecule has 1 aliphatic rings. The van der Waals surface area contributed by atoms with Crippen molar-refractivity contribution in [3.63, 3.8) is 0 Å². The van der Waals surface area contributed by atoms with Gasteiger partial charge in [-0.1, -0.05) is 27.7 Å². The van der Waals surface area contributed by atoms with Crippen LogP contribution in [0, 0.1) is 11.2 Å². The molecule has 1 heterocycles. The third-order valence-electron chi connectivity index (χ3n) is 3.95. The molecular weight excluding hydrogens is 271 g/mol. The second-order valence-corrected chi connectivity index (χ2v) is 7.22. The Bertz CT molecular complexity index is 555. The van der Waals surface area contributed by atoms with E-state index in [1.54, 1.807) is 6.07 Å². The summed E-state index contributed by atoms with van der Waals surface area (Å²) in [5.74, 6) is -0.213. The predicted octanol–water partition coefficient (Wildman–Crippen LogP) is 3.22. The molecule has 0 bridgehead atoms. The summed E-state index contributed by atoms with van der Waals surface area (Å²) in [4.78, 5) is 12.9. The van der Waals surface area contributed by atoms with E-state index >= 15 is 0 Å². The lowest BCUT2D eigenvalue weighted by Gasteiger charge is -2.32. The first-order valence-electron chi connectivity index (χ1n) is 7.13. The van der Waals surface area contributed by atoms with Crippen LogP contribution in [0.1, 0.15) is 33.3 Å². The van der Waals surface area contributed by atoms with Gasteiger partial charge < -0.3 is 15.3 Å². The lowest BCUT2D eigenvalue weighted by atomic mass is 9.87. The minimum absolute atomic E-state index is 0.103. The van der Waals surface area contributed by atoms with Crippen molar-refractivity contribution in [2.75, 3.05) is 24.5 Å². The van der Waals surface area contributed by atoms with Crippen molar-refractivity contribution >= 4 is 11.8 Å². The van der Waals surface area contributed by atoms with Gasteiger partial charge in [-0.05, 0) is 29.2 Å². The van der Waals surface area contributed by atoms with Crippen molar-refractivity contribution in [1.29, 1.82) is 0 Å². The lowest BCUT2D eigenvalue weighted by molar-refractivity contribution is 0.188. The van der Waals surface area contributed by atoms with Gasteiger partial charge in [0.25, 0.3) is 0 Å². The van der Waals surface area contributed by atoms with Crippen LogP contribution in [0.4, 0.5) is 14.9 Å². The fourth-order valence-corrected chi connectivity index (χ4v) is 3.00. The molecule has 1 aromatic carbocycles. The first-order valence-corrected chi connectivity index (χ1v) is 7.13. The van der Waals surface area contributed by atoms with Gasteiger partial charge in [-0.25, -0.2) is 9.18 Å². The molecule has 0 unspecified atom stereocenters. The number of hydrogen-bond acceptors (Lipinski definition) is 2. The molecule has 21 heavy (non-hydrogen) atoms. The van der Waals surface area contributed by atoms with Crippen molar-refractivity contribution < 1.29 is 14.3 Å². The smallest absolute Gasteiger partial charge is 0.404 e. The predicted molar refractivity (Wildman–Crippen MR) is 81.4 cm³/mol. The lowest BCUT2D eigenvalue weighted by Crippen LogP contribution is -2.42. The Balaban J connectivity index is 2.18. The highest BCUT2D eigenvalue weighted by Gasteiger charge is 2.37. The molecule has 0 saturated carbocycles. The van der Waals surface area contributed by atoms with Crippen molar-refractivity contribution in [2.45, 2.75) is 33.1 Å². The molecule has 4 nitrogen and oxygen atoms in total. The molecular formula is C16H23FN2O2. The van der Waals surface area contributed by atoms with Crippen molar-refractivity contribution in [2.24, 2.45) is 5.41 Å². The standard InChI is InChI=1S/C16H23FN2O2/c1-15(2,8-18-14(20)21)9-19-10-16(3,4)12-7-11(17)5-6-13(12)19/h5-7,18H,8-10H2,1-4H3,(H,20,21). The zero-order valence-corrected chi connectivity index (χ0v) is 13.0. The maximum Gasteiger partial charge on any atom is 0.404 e. The van der Waals surface area contributed by atoms with Gasteiger partial charge in [0, 0.05) is 30.7 Å². The van der Waals surface area contributed by atoms with Crippen LogP contribution in [0.2, 0.25) is 0 Å². The molecule has 0 radical (unpaired) electrons. The fraction of sp³-hybridized carbons (Fsp3) is 0.562. The summed E-state index contributed by atoms with van der Waals surface area (Å²) in [7, 11) is 0. The number of fused-ring (bicyclic) bond motifs is 1. The second kappa shape index (κ2) is 5.20. The number of benzene rings is 1. The molecule has 0 saturated heterocycles. The molecule has 1 aromatic rings. The molecule has 2 rings (SSSR count). The van der Waals surface area contributed by atoms with Gasteiger partial charge in [-0.2, -0.15) is 0 Å². The summed E-state index contributed by atoms with van der Waals surface area (Å²) in [6.07, 6.45) is -1.01. The van der Waals surface area contributed by atoms with E-state index in [1.807, 2.05) is 19.9 Å². The van der Waals surface area contributed by atoms with Crippen molar-refractivity contribution in [3.8, 4) is 0 Å². The number of carboxylic acid groups (broad SMARTS) is 1. The average molecular weight is 294 g/mol. The third-order valence-corrected chi connectivity index (χ3v) is 3.95. The number of carbonyl (C=O) groups is 1. The average Bonchev–Trinajstić information content (AvgIpc) is 2.58. The Kier molecular flexibility index (Phi) is 3.87. The first-order chi connectivity index (χ1) is 9.61. The van der Waals surface area contributed by atoms with E-state index in [2.05, 4.69) is 24.1 Å². The summed E-state index contributed by atoms with van der Waals surface area (Å²) in [5.41, 5.74) is 1.76. The maximum absolute atomic E-state index is 13.5. The summed E-state index contributed by atoms with van der Waals surface area (Å²) >= 11 is 0. The highest BCUT2D eigenvalue weighted by atomic mass is 19.1. The Labute approximate surface area is 125 Å². The highest BCUT2D eigenvalue weighted by Crippen LogP contribution is 2.41. The maximum atomic E-state index is 13.5. The zero-order valence-electron chi connectivity index (χ0n) is 13.0. The van der Waals surface area contributed by atoms with Gasteiger partial charge in [-0.15, -0.1) is 0 Å². The van der Waals surface area contributed by atoms with E-state index in [4.69, 9.17) is 5.11 Å². The summed E-state index contributed by atoms with van der Waals surface area (Å²) < 4.78 is 13.5. The van der Waals surface area contributed by atoms with Crippen LogP contribution in [-0.4, -0.2) is 30.8 Å². The van der Waals surface area contributed by atoms with Crippen LogP contribution in [0.5, 0.6) is 0 Å². The quantitative estimate of drug-likeness (QED) is 0.896. The van der Waals surface area contributed by atoms with E-state index in [0.717, 1.165) is 24.3 Å². The number of nitrogens with zero attached hydrogens (tertiary/aromatic N) is 1. The number of anilines is 1. The number of rotatable bonds is 4. The van der Waals surface area contributed by atoms with Crippen LogP contribution in [0.15, 0.2) is 18.2 Å². The zero-order chi connectivity index (χ0) is 15.8. The van der Waals surface area contributed by atoms with Crippen molar-refractivity contribution in [1.82, 2.24) is 5.32 Å². The fourth-order valence-electron chi connectivity index (χ4n) is 3.00. The summed E-state index contributed by atoms with van der Waals surface area (Å²) in [6, 6.07) is 4.91. The van der Waals surface area contributed by atoms with Gasteiger partial charge in [-0.3, -0.25) is 0 Å². The molecule has 1 amide bonds. The molecule has 0 atom stereocenters. The number of nitrogens with one attached hydrogen (secondary N) is 1. The van der Waals surface area contributed by atoms with Crippen LogP contribution >= 0.6 is 0 Å². The van der Waals surface area contributed by atoms with Gasteiger partial charge in [0.1, 0.15) is 5.82 Å². The Hall–Kier alpha value is -1.78. The van der Waals surface area contributed by atoms with Gasteiger partial charge >= 0.3 is 6.09 Å². The van der Waals surface area contributed by atoms with E-state index in [1.165, 1.54) is 6.07 Å². The van der Waals surface area contributed by atoms with Gasteiger partial charge in [0.2, 0.25) is 0 Å². The van der Waals surface area contributed by atoms with Crippen LogP contribution < -0.4 is 10.2 Å². The molecule has 0 spiro atoms. The minimum atomic E-state index is -1.01. The summed E-state index contributed by atoms with van der Waals surface area (Å²) in [5, 5.41) is 11.2. The Morgan fingerprint density at radius 1 is 1.48 bits per heavy atom. The van der Waals surface area contributed by atoms with E-state index in [-0.39, 0.29) is 16.6 Å². The second-order valence-electron chi connectivity index (χ2n) is 7.22. The monoisotopic (exact) mass is 294 g/mol. The SMILES string of the molecule is CC(C)(CNC(=O)O)CN1CC(C)(C)c2cc(F)ccc21. The molecule has 116 valence electrons. The summed E-state index contributed by atoms with van der Waals surface area (Å²) in [6.45, 7) is 10.2. The number of hydrogen-bond donors (Lipinski definition) is 2.